The summed E-state index contributed by atoms with van der Waals surface area (Å²) in [6, 6.07) is 0. The van der Waals surface area contributed by atoms with Crippen molar-refractivity contribution in [3.8, 4) is 0 Å². The lowest BCUT2D eigenvalue weighted by Crippen LogP contribution is -2.30. The van der Waals surface area contributed by atoms with E-state index in [0.717, 1.165) is 114 Å². The molecule has 0 aromatic carbocycles. The average molecular weight is 1310 g/mol. The summed E-state index contributed by atoms with van der Waals surface area (Å²) in [6.07, 6.45) is 41.8. The van der Waals surface area contributed by atoms with Crippen molar-refractivity contribution in [2.45, 2.75) is 363 Å². The summed E-state index contributed by atoms with van der Waals surface area (Å²) in [5.74, 6) is 0.854. The van der Waals surface area contributed by atoms with Crippen molar-refractivity contribution in [3.05, 3.63) is 0 Å². The zero-order chi connectivity index (χ0) is 66.1. The Morgan fingerprint density at radius 3 is 0.798 bits per heavy atom. The summed E-state index contributed by atoms with van der Waals surface area (Å²) in [4.78, 5) is 72.5. The molecule has 0 fully saturated rings. The van der Waals surface area contributed by atoms with E-state index in [4.69, 9.17) is 37.0 Å². The van der Waals surface area contributed by atoms with E-state index in [1.807, 2.05) is 0 Å². The van der Waals surface area contributed by atoms with Crippen LogP contribution < -0.4 is 0 Å². The number of carbonyl (C=O) groups is 4. The number of hydrogen-bond donors (Lipinski definition) is 3. The van der Waals surface area contributed by atoms with Gasteiger partial charge < -0.3 is 33.8 Å². The van der Waals surface area contributed by atoms with Gasteiger partial charge in [0.1, 0.15) is 19.3 Å². The molecule has 0 saturated heterocycles. The minimum absolute atomic E-state index is 0.105. The highest BCUT2D eigenvalue weighted by Gasteiger charge is 2.30. The van der Waals surface area contributed by atoms with Crippen LogP contribution in [0.4, 0.5) is 0 Å². The third-order valence-corrected chi connectivity index (χ3v) is 18.3. The van der Waals surface area contributed by atoms with Gasteiger partial charge in [0.2, 0.25) is 0 Å². The first-order chi connectivity index (χ1) is 42.6. The molecule has 0 aromatic rings. The van der Waals surface area contributed by atoms with Gasteiger partial charge in [-0.1, -0.05) is 293 Å². The SMILES string of the molecule is CCC(C)CCCCCCCCCCCCC(=O)O[C@H](COC(=O)CCCCCCCCC(C)C)COP(=O)(O)OC[C@H](O)COP(=O)(O)OC[C@@H](COC(=O)CCCCCCCCCCC(C)C)OC(=O)CCCCCCCCCCCCCCC(C)C. The molecule has 0 bridgehead atoms. The van der Waals surface area contributed by atoms with Gasteiger partial charge in [-0.15, -0.1) is 0 Å². The fourth-order valence-electron chi connectivity index (χ4n) is 10.5. The average Bonchev–Trinajstić information content (AvgIpc) is 3.63. The highest BCUT2D eigenvalue weighted by molar-refractivity contribution is 7.47. The van der Waals surface area contributed by atoms with Crippen LogP contribution in [0.1, 0.15) is 344 Å². The van der Waals surface area contributed by atoms with E-state index in [0.29, 0.717) is 31.6 Å². The Labute approximate surface area is 543 Å². The van der Waals surface area contributed by atoms with Gasteiger partial charge >= 0.3 is 39.5 Å². The molecular weight excluding hydrogens is 1170 g/mol. The molecule has 0 rings (SSSR count). The molecule has 0 saturated carbocycles. The molecule has 6 atom stereocenters. The molecular formula is C70H136O17P2. The first-order valence-electron chi connectivity index (χ1n) is 36.2. The highest BCUT2D eigenvalue weighted by Crippen LogP contribution is 2.45. The number of carbonyl (C=O) groups excluding carboxylic acids is 4. The number of aliphatic hydroxyl groups is 1. The summed E-state index contributed by atoms with van der Waals surface area (Å²) in [5, 5.41) is 10.6. The van der Waals surface area contributed by atoms with Gasteiger partial charge in [0.25, 0.3) is 0 Å². The van der Waals surface area contributed by atoms with Crippen molar-refractivity contribution in [2.75, 3.05) is 39.6 Å². The molecule has 528 valence electrons. The molecule has 19 heteroatoms. The summed E-state index contributed by atoms with van der Waals surface area (Å²) in [5.41, 5.74) is 0. The quantitative estimate of drug-likeness (QED) is 0.0222. The molecule has 0 amide bonds. The molecule has 0 aliphatic carbocycles. The number of esters is 4. The van der Waals surface area contributed by atoms with E-state index in [9.17, 15) is 43.2 Å². The van der Waals surface area contributed by atoms with Gasteiger partial charge in [-0.2, -0.15) is 0 Å². The fourth-order valence-corrected chi connectivity index (χ4v) is 12.0. The lowest BCUT2D eigenvalue weighted by Gasteiger charge is -2.21. The Kier molecular flexibility index (Phi) is 58.5. The Balaban J connectivity index is 5.25. The van der Waals surface area contributed by atoms with Crippen molar-refractivity contribution >= 4 is 39.5 Å². The largest absolute Gasteiger partial charge is 0.472 e. The zero-order valence-corrected chi connectivity index (χ0v) is 59.8. The molecule has 0 aliphatic rings. The van der Waals surface area contributed by atoms with E-state index < -0.39 is 97.5 Å². The molecule has 0 aliphatic heterocycles. The Morgan fingerprint density at radius 1 is 0.315 bits per heavy atom. The van der Waals surface area contributed by atoms with Crippen molar-refractivity contribution in [1.82, 2.24) is 0 Å². The maximum atomic E-state index is 13.0. The third-order valence-electron chi connectivity index (χ3n) is 16.4. The van der Waals surface area contributed by atoms with Crippen molar-refractivity contribution in [1.29, 1.82) is 0 Å². The minimum Gasteiger partial charge on any atom is -0.462 e. The van der Waals surface area contributed by atoms with Gasteiger partial charge in [-0.05, 0) is 49.4 Å². The fraction of sp³-hybridized carbons (Fsp3) is 0.943. The smallest absolute Gasteiger partial charge is 0.462 e. The predicted molar refractivity (Wildman–Crippen MR) is 358 cm³/mol. The summed E-state index contributed by atoms with van der Waals surface area (Å²) in [6.45, 7) is 14.1. The van der Waals surface area contributed by atoms with Crippen LogP contribution in [-0.2, 0) is 65.4 Å². The Hall–Kier alpha value is -1.94. The highest BCUT2D eigenvalue weighted by atomic mass is 31.2. The second-order valence-electron chi connectivity index (χ2n) is 26.9. The topological polar surface area (TPSA) is 237 Å². The lowest BCUT2D eigenvalue weighted by molar-refractivity contribution is -0.161. The van der Waals surface area contributed by atoms with Crippen LogP contribution in [0.15, 0.2) is 0 Å². The zero-order valence-electron chi connectivity index (χ0n) is 58.1. The summed E-state index contributed by atoms with van der Waals surface area (Å²) in [7, 11) is -9.90. The lowest BCUT2D eigenvalue weighted by atomic mass is 9.99. The minimum atomic E-state index is -4.95. The van der Waals surface area contributed by atoms with Crippen LogP contribution in [0.2, 0.25) is 0 Å². The van der Waals surface area contributed by atoms with Crippen molar-refractivity contribution < 1.29 is 80.2 Å². The first-order valence-corrected chi connectivity index (χ1v) is 39.2. The number of unbranched alkanes of at least 4 members (excludes halogenated alkanes) is 32. The van der Waals surface area contributed by atoms with Crippen LogP contribution in [0, 0.1) is 23.7 Å². The number of phosphoric ester groups is 2. The molecule has 0 spiro atoms. The molecule has 0 radical (unpaired) electrons. The van der Waals surface area contributed by atoms with Gasteiger partial charge in [0.15, 0.2) is 12.2 Å². The van der Waals surface area contributed by atoms with Gasteiger partial charge in [-0.25, -0.2) is 9.13 Å². The maximum Gasteiger partial charge on any atom is 0.472 e. The summed E-state index contributed by atoms with van der Waals surface area (Å²) >= 11 is 0. The number of phosphoric acid groups is 2. The van der Waals surface area contributed by atoms with Crippen LogP contribution >= 0.6 is 15.6 Å². The van der Waals surface area contributed by atoms with Gasteiger partial charge in [0, 0.05) is 25.7 Å². The Bertz CT molecular complexity index is 1770. The van der Waals surface area contributed by atoms with Crippen LogP contribution in [0.3, 0.4) is 0 Å². The van der Waals surface area contributed by atoms with Crippen LogP contribution in [0.25, 0.3) is 0 Å². The number of rotatable bonds is 67. The van der Waals surface area contributed by atoms with Crippen molar-refractivity contribution in [2.24, 2.45) is 23.7 Å². The number of aliphatic hydroxyl groups excluding tert-OH is 1. The van der Waals surface area contributed by atoms with Gasteiger partial charge in [-0.3, -0.25) is 37.3 Å². The van der Waals surface area contributed by atoms with E-state index in [1.165, 1.54) is 141 Å². The normalized spacial score (nSPS) is 14.6. The third kappa shape index (κ3) is 63.2. The molecule has 17 nitrogen and oxygen atoms in total. The Morgan fingerprint density at radius 2 is 0.539 bits per heavy atom. The monoisotopic (exact) mass is 1310 g/mol. The molecule has 89 heavy (non-hydrogen) atoms. The van der Waals surface area contributed by atoms with E-state index in [1.54, 1.807) is 0 Å². The summed E-state index contributed by atoms with van der Waals surface area (Å²) < 4.78 is 68.3. The standard InChI is InChI=1S/C70H136O17P2/c1-9-63(8)49-41-33-24-17-14-15-19-27-37-45-53-70(75)87-66(57-81-68(73)51-43-35-29-28-32-40-48-62(6)7)59-85-89(78,79)83-55-64(71)54-82-88(76,77)84-58-65(56-80-67(72)50-42-34-25-21-20-23-31-39-47-61(4)5)86-69(74)52-44-36-26-18-13-11-10-12-16-22-30-38-46-60(2)3/h60-66,71H,9-59H2,1-8H3,(H,76,77)(H,78,79)/t63?,64-,65-,66-/m1/s1. The molecule has 3 N–H and O–H groups in total. The van der Waals surface area contributed by atoms with E-state index >= 15 is 0 Å². The predicted octanol–water partition coefficient (Wildman–Crippen LogP) is 19.7. The van der Waals surface area contributed by atoms with Crippen LogP contribution in [0.5, 0.6) is 0 Å². The second-order valence-corrected chi connectivity index (χ2v) is 29.8. The molecule has 0 heterocycles. The van der Waals surface area contributed by atoms with Crippen molar-refractivity contribution in [3.63, 3.8) is 0 Å². The molecule has 0 aromatic heterocycles. The maximum absolute atomic E-state index is 13.0. The molecule has 3 unspecified atom stereocenters. The van der Waals surface area contributed by atoms with Gasteiger partial charge in [0.05, 0.1) is 26.4 Å². The van der Waals surface area contributed by atoms with E-state index in [2.05, 4.69) is 55.4 Å². The van der Waals surface area contributed by atoms with Crippen LogP contribution in [-0.4, -0.2) is 96.7 Å². The number of ether oxygens (including phenoxy) is 4. The second kappa shape index (κ2) is 59.8. The van der Waals surface area contributed by atoms with E-state index in [-0.39, 0.29) is 25.7 Å². The number of hydrogen-bond acceptors (Lipinski definition) is 15. The first kappa shape index (κ1) is 87.1.